The summed E-state index contributed by atoms with van der Waals surface area (Å²) >= 11 is 0. The van der Waals surface area contributed by atoms with Crippen molar-refractivity contribution in [2.24, 2.45) is 0 Å². The van der Waals surface area contributed by atoms with Gasteiger partial charge in [-0.2, -0.15) is 0 Å². The number of hydrogen-bond donors (Lipinski definition) is 1. The molecule has 5 nitrogen and oxygen atoms in total. The molecule has 1 N–H and O–H groups in total. The Kier molecular flexibility index (Phi) is 5.58. The average Bonchev–Trinajstić information content (AvgIpc) is 3.09. The van der Waals surface area contributed by atoms with Crippen molar-refractivity contribution in [1.82, 2.24) is 15.1 Å². The molecule has 130 valence electrons. The van der Waals surface area contributed by atoms with Crippen molar-refractivity contribution in [2.45, 2.75) is 25.9 Å². The second-order valence-electron chi connectivity index (χ2n) is 6.22. The number of benzene rings is 2. The molecular formula is C20H23N3O2. The van der Waals surface area contributed by atoms with Crippen molar-refractivity contribution in [3.05, 3.63) is 71.6 Å². The highest BCUT2D eigenvalue weighted by atomic mass is 16.4. The van der Waals surface area contributed by atoms with Crippen LogP contribution in [0, 0.1) is 6.92 Å². The van der Waals surface area contributed by atoms with Gasteiger partial charge in [0.15, 0.2) is 0 Å². The molecule has 1 unspecified atom stereocenters. The third-order valence-corrected chi connectivity index (χ3v) is 4.27. The monoisotopic (exact) mass is 337 g/mol. The molecule has 0 aliphatic rings. The van der Waals surface area contributed by atoms with Crippen LogP contribution in [0.2, 0.25) is 0 Å². The summed E-state index contributed by atoms with van der Waals surface area (Å²) in [6.45, 7) is 2.70. The lowest BCUT2D eigenvalue weighted by Crippen LogP contribution is -2.25. The quantitative estimate of drug-likeness (QED) is 0.714. The SMILES string of the molecule is Cc1ccc(-c2nnc(CN(C)C(CCO)c3ccccc3)o2)cc1. The number of aliphatic hydroxyl groups excluding tert-OH is 1. The predicted molar refractivity (Wildman–Crippen MR) is 96.8 cm³/mol. The zero-order valence-electron chi connectivity index (χ0n) is 14.6. The Morgan fingerprint density at radius 1 is 1.04 bits per heavy atom. The van der Waals surface area contributed by atoms with Crippen LogP contribution < -0.4 is 0 Å². The van der Waals surface area contributed by atoms with E-state index in [4.69, 9.17) is 4.42 Å². The van der Waals surface area contributed by atoms with Crippen LogP contribution in [0.4, 0.5) is 0 Å². The highest BCUT2D eigenvalue weighted by Crippen LogP contribution is 2.25. The van der Waals surface area contributed by atoms with Crippen LogP contribution in [0.5, 0.6) is 0 Å². The highest BCUT2D eigenvalue weighted by molar-refractivity contribution is 5.52. The first-order valence-corrected chi connectivity index (χ1v) is 8.43. The minimum atomic E-state index is 0.0981. The summed E-state index contributed by atoms with van der Waals surface area (Å²) in [6.07, 6.45) is 0.652. The summed E-state index contributed by atoms with van der Waals surface area (Å²) < 4.78 is 5.82. The van der Waals surface area contributed by atoms with Gasteiger partial charge in [-0.1, -0.05) is 48.0 Å². The van der Waals surface area contributed by atoms with E-state index in [9.17, 15) is 5.11 Å². The Morgan fingerprint density at radius 3 is 2.44 bits per heavy atom. The number of aromatic nitrogens is 2. The van der Waals surface area contributed by atoms with Crippen molar-refractivity contribution >= 4 is 0 Å². The lowest BCUT2D eigenvalue weighted by Gasteiger charge is -2.26. The number of aliphatic hydroxyl groups is 1. The van der Waals surface area contributed by atoms with E-state index in [1.807, 2.05) is 56.4 Å². The van der Waals surface area contributed by atoms with E-state index in [2.05, 4.69) is 27.2 Å². The molecule has 0 aliphatic heterocycles. The summed E-state index contributed by atoms with van der Waals surface area (Å²) in [6, 6.07) is 18.3. The number of aryl methyl sites for hydroxylation is 1. The topological polar surface area (TPSA) is 62.4 Å². The molecule has 1 atom stereocenters. The van der Waals surface area contributed by atoms with Gasteiger partial charge in [0.25, 0.3) is 0 Å². The van der Waals surface area contributed by atoms with Gasteiger partial charge >= 0.3 is 0 Å². The van der Waals surface area contributed by atoms with Gasteiger partial charge in [-0.25, -0.2) is 0 Å². The molecule has 25 heavy (non-hydrogen) atoms. The zero-order valence-corrected chi connectivity index (χ0v) is 14.6. The third-order valence-electron chi connectivity index (χ3n) is 4.27. The first kappa shape index (κ1) is 17.3. The van der Waals surface area contributed by atoms with Crippen LogP contribution in [0.3, 0.4) is 0 Å². The molecule has 0 bridgehead atoms. The minimum Gasteiger partial charge on any atom is -0.419 e. The molecule has 3 aromatic rings. The van der Waals surface area contributed by atoms with Crippen LogP contribution >= 0.6 is 0 Å². The van der Waals surface area contributed by atoms with Crippen LogP contribution in [0.15, 0.2) is 59.0 Å². The first-order chi connectivity index (χ1) is 12.2. The van der Waals surface area contributed by atoms with Gasteiger partial charge in [0, 0.05) is 18.2 Å². The molecule has 0 radical (unpaired) electrons. The standard InChI is InChI=1S/C20H23N3O2/c1-15-8-10-17(11-9-15)20-22-21-19(25-20)14-23(2)18(12-13-24)16-6-4-3-5-7-16/h3-11,18,24H,12-14H2,1-2H3. The number of hydrogen-bond acceptors (Lipinski definition) is 5. The fourth-order valence-corrected chi connectivity index (χ4v) is 2.89. The zero-order chi connectivity index (χ0) is 17.6. The van der Waals surface area contributed by atoms with E-state index in [0.29, 0.717) is 24.7 Å². The molecule has 0 amide bonds. The summed E-state index contributed by atoms with van der Waals surface area (Å²) in [5, 5.41) is 17.7. The second-order valence-corrected chi connectivity index (χ2v) is 6.22. The van der Waals surface area contributed by atoms with Gasteiger partial charge < -0.3 is 9.52 Å². The van der Waals surface area contributed by atoms with Crippen LogP contribution in [0.1, 0.15) is 29.5 Å². The molecule has 1 aromatic heterocycles. The second kappa shape index (κ2) is 8.05. The lowest BCUT2D eigenvalue weighted by molar-refractivity contribution is 0.169. The van der Waals surface area contributed by atoms with E-state index in [0.717, 1.165) is 11.1 Å². The molecule has 0 saturated carbocycles. The molecule has 1 heterocycles. The third kappa shape index (κ3) is 4.32. The van der Waals surface area contributed by atoms with Gasteiger partial charge in [0.05, 0.1) is 6.54 Å². The van der Waals surface area contributed by atoms with Gasteiger partial charge in [-0.3, -0.25) is 4.90 Å². The molecular weight excluding hydrogens is 314 g/mol. The Balaban J connectivity index is 1.73. The molecule has 0 saturated heterocycles. The summed E-state index contributed by atoms with van der Waals surface area (Å²) in [4.78, 5) is 2.12. The maximum atomic E-state index is 9.41. The van der Waals surface area contributed by atoms with Gasteiger partial charge in [0.2, 0.25) is 11.8 Å². The summed E-state index contributed by atoms with van der Waals surface area (Å²) in [7, 11) is 2.00. The van der Waals surface area contributed by atoms with E-state index < -0.39 is 0 Å². The predicted octanol–water partition coefficient (Wildman–Crippen LogP) is 3.60. The Bertz CT molecular complexity index is 784. The largest absolute Gasteiger partial charge is 0.419 e. The number of rotatable bonds is 7. The highest BCUT2D eigenvalue weighted by Gasteiger charge is 2.19. The molecule has 0 spiro atoms. The maximum absolute atomic E-state index is 9.41. The smallest absolute Gasteiger partial charge is 0.247 e. The number of nitrogens with zero attached hydrogens (tertiary/aromatic N) is 3. The molecule has 2 aromatic carbocycles. The maximum Gasteiger partial charge on any atom is 0.247 e. The summed E-state index contributed by atoms with van der Waals surface area (Å²) in [5.41, 5.74) is 3.28. The first-order valence-electron chi connectivity index (χ1n) is 8.43. The van der Waals surface area contributed by atoms with Crippen molar-refractivity contribution in [3.8, 4) is 11.5 Å². The van der Waals surface area contributed by atoms with Crippen molar-refractivity contribution in [2.75, 3.05) is 13.7 Å². The minimum absolute atomic E-state index is 0.0981. The van der Waals surface area contributed by atoms with Crippen LogP contribution in [-0.2, 0) is 6.54 Å². The van der Waals surface area contributed by atoms with E-state index >= 15 is 0 Å². The lowest BCUT2D eigenvalue weighted by atomic mass is 10.0. The fourth-order valence-electron chi connectivity index (χ4n) is 2.89. The summed E-state index contributed by atoms with van der Waals surface area (Å²) in [5.74, 6) is 1.10. The van der Waals surface area contributed by atoms with Crippen molar-refractivity contribution in [3.63, 3.8) is 0 Å². The van der Waals surface area contributed by atoms with E-state index in [-0.39, 0.29) is 12.6 Å². The van der Waals surface area contributed by atoms with Gasteiger partial charge in [-0.15, -0.1) is 10.2 Å². The van der Waals surface area contributed by atoms with E-state index in [1.165, 1.54) is 5.56 Å². The fraction of sp³-hybridized carbons (Fsp3) is 0.300. The van der Waals surface area contributed by atoms with Crippen LogP contribution in [0.25, 0.3) is 11.5 Å². The Labute approximate surface area is 147 Å². The molecule has 0 aliphatic carbocycles. The van der Waals surface area contributed by atoms with Crippen LogP contribution in [-0.4, -0.2) is 33.9 Å². The van der Waals surface area contributed by atoms with Gasteiger partial charge in [-0.05, 0) is 38.1 Å². The normalized spacial score (nSPS) is 12.5. The molecule has 5 heteroatoms. The molecule has 3 rings (SSSR count). The molecule has 0 fully saturated rings. The Morgan fingerprint density at radius 2 is 1.76 bits per heavy atom. The Hall–Kier alpha value is -2.50. The average molecular weight is 337 g/mol. The van der Waals surface area contributed by atoms with Crippen molar-refractivity contribution < 1.29 is 9.52 Å². The van der Waals surface area contributed by atoms with E-state index in [1.54, 1.807) is 0 Å². The van der Waals surface area contributed by atoms with Crippen molar-refractivity contribution in [1.29, 1.82) is 0 Å². The van der Waals surface area contributed by atoms with Gasteiger partial charge in [0.1, 0.15) is 0 Å².